The summed E-state index contributed by atoms with van der Waals surface area (Å²) in [6, 6.07) is 8.37. The molecule has 20 heavy (non-hydrogen) atoms. The Morgan fingerprint density at radius 2 is 2.15 bits per heavy atom. The average molecular weight is 295 g/mol. The molecule has 1 aromatic rings. The Morgan fingerprint density at radius 1 is 1.35 bits per heavy atom. The van der Waals surface area contributed by atoms with Crippen molar-refractivity contribution in [2.75, 3.05) is 24.5 Å². The molecule has 0 aromatic heterocycles. The van der Waals surface area contributed by atoms with Gasteiger partial charge in [0.1, 0.15) is 0 Å². The van der Waals surface area contributed by atoms with Gasteiger partial charge in [-0.25, -0.2) is 0 Å². The van der Waals surface area contributed by atoms with Crippen LogP contribution in [0.2, 0.25) is 0 Å². The summed E-state index contributed by atoms with van der Waals surface area (Å²) < 4.78 is 0. The summed E-state index contributed by atoms with van der Waals surface area (Å²) in [5.74, 6) is 1.39. The van der Waals surface area contributed by atoms with Crippen molar-refractivity contribution >= 4 is 24.0 Å². The van der Waals surface area contributed by atoms with Gasteiger partial charge in [-0.1, -0.05) is 25.1 Å². The summed E-state index contributed by atoms with van der Waals surface area (Å²) in [6.07, 6.45) is 2.90. The Labute approximate surface area is 127 Å². The predicted molar refractivity (Wildman–Crippen MR) is 84.7 cm³/mol. The standard InChI is InChI=1S/C16H22N2O.ClH/c1-12-7-9-18(15-5-3-2-4-14(12)15)16(19)10-13-6-8-17-11-13;/h2-5,12-13,17H,6-11H2,1H3;1H. The molecule has 1 saturated heterocycles. The van der Waals surface area contributed by atoms with Crippen molar-refractivity contribution in [3.8, 4) is 0 Å². The van der Waals surface area contributed by atoms with Gasteiger partial charge in [0, 0.05) is 18.7 Å². The largest absolute Gasteiger partial charge is 0.316 e. The maximum Gasteiger partial charge on any atom is 0.227 e. The number of carbonyl (C=O) groups is 1. The molecule has 3 nitrogen and oxygen atoms in total. The van der Waals surface area contributed by atoms with Crippen molar-refractivity contribution in [1.29, 1.82) is 0 Å². The van der Waals surface area contributed by atoms with E-state index in [0.717, 1.165) is 38.2 Å². The molecule has 0 radical (unpaired) electrons. The highest BCUT2D eigenvalue weighted by atomic mass is 35.5. The van der Waals surface area contributed by atoms with Crippen molar-refractivity contribution in [1.82, 2.24) is 5.32 Å². The zero-order valence-corrected chi connectivity index (χ0v) is 12.8. The van der Waals surface area contributed by atoms with E-state index >= 15 is 0 Å². The lowest BCUT2D eigenvalue weighted by Gasteiger charge is -2.33. The fraction of sp³-hybridized carbons (Fsp3) is 0.562. The van der Waals surface area contributed by atoms with Crippen LogP contribution in [0.15, 0.2) is 24.3 Å². The van der Waals surface area contributed by atoms with Crippen LogP contribution >= 0.6 is 12.4 Å². The molecule has 4 heteroatoms. The molecule has 2 aliphatic rings. The van der Waals surface area contributed by atoms with E-state index < -0.39 is 0 Å². The van der Waals surface area contributed by atoms with E-state index in [1.807, 2.05) is 11.0 Å². The van der Waals surface area contributed by atoms with E-state index in [-0.39, 0.29) is 12.4 Å². The number of hydrogen-bond acceptors (Lipinski definition) is 2. The minimum absolute atomic E-state index is 0. The van der Waals surface area contributed by atoms with Crippen molar-refractivity contribution < 1.29 is 4.79 Å². The fourth-order valence-electron chi connectivity index (χ4n) is 3.25. The number of para-hydroxylation sites is 1. The molecular weight excluding hydrogens is 272 g/mol. The van der Waals surface area contributed by atoms with Crippen LogP contribution in [0.3, 0.4) is 0 Å². The highest BCUT2D eigenvalue weighted by molar-refractivity contribution is 5.94. The molecule has 2 aliphatic heterocycles. The highest BCUT2D eigenvalue weighted by Gasteiger charge is 2.28. The molecule has 2 heterocycles. The summed E-state index contributed by atoms with van der Waals surface area (Å²) in [4.78, 5) is 14.5. The normalized spacial score (nSPS) is 24.9. The van der Waals surface area contributed by atoms with Gasteiger partial charge in [-0.15, -0.1) is 12.4 Å². The van der Waals surface area contributed by atoms with Gasteiger partial charge in [-0.05, 0) is 49.4 Å². The van der Waals surface area contributed by atoms with Crippen LogP contribution in [-0.2, 0) is 4.79 Å². The number of benzene rings is 1. The molecule has 110 valence electrons. The third-order valence-electron chi connectivity index (χ3n) is 4.47. The summed E-state index contributed by atoms with van der Waals surface area (Å²) in [6.45, 7) is 5.18. The van der Waals surface area contributed by atoms with E-state index in [0.29, 0.717) is 24.2 Å². The second-order valence-corrected chi connectivity index (χ2v) is 5.86. The van der Waals surface area contributed by atoms with Gasteiger partial charge in [0.2, 0.25) is 5.91 Å². The lowest BCUT2D eigenvalue weighted by molar-refractivity contribution is -0.119. The van der Waals surface area contributed by atoms with E-state index in [1.54, 1.807) is 0 Å². The summed E-state index contributed by atoms with van der Waals surface area (Å²) in [7, 11) is 0. The summed E-state index contributed by atoms with van der Waals surface area (Å²) in [5, 5.41) is 3.34. The molecule has 2 unspecified atom stereocenters. The van der Waals surface area contributed by atoms with Gasteiger partial charge < -0.3 is 10.2 Å². The molecule has 1 aromatic carbocycles. The molecule has 1 fully saturated rings. The van der Waals surface area contributed by atoms with Gasteiger partial charge in [0.05, 0.1) is 0 Å². The van der Waals surface area contributed by atoms with Crippen LogP contribution in [0, 0.1) is 5.92 Å². The highest BCUT2D eigenvalue weighted by Crippen LogP contribution is 2.35. The van der Waals surface area contributed by atoms with Gasteiger partial charge in [0.15, 0.2) is 0 Å². The minimum atomic E-state index is 0. The number of nitrogens with zero attached hydrogens (tertiary/aromatic N) is 1. The maximum absolute atomic E-state index is 12.5. The number of halogens is 1. The predicted octanol–water partition coefficient (Wildman–Crippen LogP) is 2.95. The first-order valence-electron chi connectivity index (χ1n) is 7.35. The topological polar surface area (TPSA) is 32.3 Å². The van der Waals surface area contributed by atoms with Gasteiger partial charge in [-0.2, -0.15) is 0 Å². The monoisotopic (exact) mass is 294 g/mol. The number of fused-ring (bicyclic) bond motifs is 1. The Bertz CT molecular complexity index is 471. The first-order valence-corrected chi connectivity index (χ1v) is 7.35. The van der Waals surface area contributed by atoms with Crippen LogP contribution in [0.1, 0.15) is 37.7 Å². The van der Waals surface area contributed by atoms with Crippen LogP contribution in [0.25, 0.3) is 0 Å². The molecule has 1 amide bonds. The summed E-state index contributed by atoms with van der Waals surface area (Å²) >= 11 is 0. The second-order valence-electron chi connectivity index (χ2n) is 5.86. The van der Waals surface area contributed by atoms with E-state index in [9.17, 15) is 4.79 Å². The van der Waals surface area contributed by atoms with Gasteiger partial charge >= 0.3 is 0 Å². The SMILES string of the molecule is CC1CCN(C(=O)CC2CCNC2)c2ccccc21.Cl. The minimum Gasteiger partial charge on any atom is -0.316 e. The number of amides is 1. The molecule has 0 aliphatic carbocycles. The Hall–Kier alpha value is -1.06. The first-order chi connectivity index (χ1) is 9.25. The Kier molecular flexibility index (Phi) is 5.06. The molecule has 0 saturated carbocycles. The summed E-state index contributed by atoms with van der Waals surface area (Å²) in [5.41, 5.74) is 2.46. The molecule has 1 N–H and O–H groups in total. The van der Waals surface area contributed by atoms with Crippen LogP contribution in [-0.4, -0.2) is 25.5 Å². The van der Waals surface area contributed by atoms with Gasteiger partial charge in [0.25, 0.3) is 0 Å². The third kappa shape index (κ3) is 2.99. The second kappa shape index (κ2) is 6.59. The van der Waals surface area contributed by atoms with Crippen LogP contribution in [0.4, 0.5) is 5.69 Å². The van der Waals surface area contributed by atoms with Crippen molar-refractivity contribution in [3.63, 3.8) is 0 Å². The van der Waals surface area contributed by atoms with Crippen LogP contribution in [0.5, 0.6) is 0 Å². The lowest BCUT2D eigenvalue weighted by atomic mass is 9.91. The third-order valence-corrected chi connectivity index (χ3v) is 4.47. The maximum atomic E-state index is 12.5. The molecule has 2 atom stereocenters. The average Bonchev–Trinajstić information content (AvgIpc) is 2.92. The first kappa shape index (κ1) is 15.3. The number of hydrogen-bond donors (Lipinski definition) is 1. The molecule has 3 rings (SSSR count). The van der Waals surface area contributed by atoms with E-state index in [4.69, 9.17) is 0 Å². The number of carbonyl (C=O) groups excluding carboxylic acids is 1. The van der Waals surface area contributed by atoms with E-state index in [2.05, 4.69) is 30.4 Å². The number of nitrogens with one attached hydrogen (secondary N) is 1. The lowest BCUT2D eigenvalue weighted by Crippen LogP contribution is -2.37. The van der Waals surface area contributed by atoms with Crippen LogP contribution < -0.4 is 10.2 Å². The van der Waals surface area contributed by atoms with Crippen molar-refractivity contribution in [2.24, 2.45) is 5.92 Å². The number of rotatable bonds is 2. The van der Waals surface area contributed by atoms with Gasteiger partial charge in [-0.3, -0.25) is 4.79 Å². The quantitative estimate of drug-likeness (QED) is 0.909. The Morgan fingerprint density at radius 3 is 2.90 bits per heavy atom. The molecular formula is C16H23ClN2O. The van der Waals surface area contributed by atoms with Crippen molar-refractivity contribution in [2.45, 2.75) is 32.1 Å². The zero-order valence-electron chi connectivity index (χ0n) is 12.0. The molecule has 0 bridgehead atoms. The van der Waals surface area contributed by atoms with Crippen molar-refractivity contribution in [3.05, 3.63) is 29.8 Å². The molecule has 0 spiro atoms. The fourth-order valence-corrected chi connectivity index (χ4v) is 3.25. The number of anilines is 1. The smallest absolute Gasteiger partial charge is 0.227 e. The zero-order chi connectivity index (χ0) is 13.2. The Balaban J connectivity index is 0.00000147. The van der Waals surface area contributed by atoms with E-state index in [1.165, 1.54) is 5.56 Å².